The number of hydrogen-bond donors (Lipinski definition) is 0. The summed E-state index contributed by atoms with van der Waals surface area (Å²) in [7, 11) is 0. The summed E-state index contributed by atoms with van der Waals surface area (Å²) < 4.78 is 14.9. The Morgan fingerprint density at radius 3 is 2.68 bits per heavy atom. The lowest BCUT2D eigenvalue weighted by Crippen LogP contribution is -2.00. The highest BCUT2D eigenvalue weighted by atomic mass is 35.5. The predicted octanol–water partition coefficient (Wildman–Crippen LogP) is 3.61. The number of fused-ring (bicyclic) bond motifs is 1. The van der Waals surface area contributed by atoms with Crippen molar-refractivity contribution in [3.8, 4) is 5.69 Å². The number of pyridine rings is 1. The fourth-order valence-corrected chi connectivity index (χ4v) is 2.24. The number of aromatic nitrogens is 3. The van der Waals surface area contributed by atoms with E-state index in [0.29, 0.717) is 5.82 Å². The number of imidazole rings is 1. The molecule has 5 heteroatoms. The minimum atomic E-state index is -0.274. The first-order valence-electron chi connectivity index (χ1n) is 5.85. The van der Waals surface area contributed by atoms with Gasteiger partial charge in [0.15, 0.2) is 5.65 Å². The molecule has 96 valence electrons. The third kappa shape index (κ3) is 2.08. The molecule has 0 atom stereocenters. The summed E-state index contributed by atoms with van der Waals surface area (Å²) in [6, 6.07) is 8.15. The van der Waals surface area contributed by atoms with Crippen LogP contribution in [-0.2, 0) is 5.88 Å². The molecule has 2 aromatic heterocycles. The van der Waals surface area contributed by atoms with Crippen LogP contribution in [0.4, 0.5) is 4.39 Å². The van der Waals surface area contributed by atoms with Crippen LogP contribution in [0.1, 0.15) is 11.4 Å². The fraction of sp³-hybridized carbons (Fsp3) is 0.143. The Morgan fingerprint density at radius 2 is 2.00 bits per heavy atom. The van der Waals surface area contributed by atoms with Crippen LogP contribution in [0, 0.1) is 12.7 Å². The minimum absolute atomic E-state index is 0.271. The summed E-state index contributed by atoms with van der Waals surface area (Å²) >= 11 is 5.94. The third-order valence-electron chi connectivity index (χ3n) is 2.91. The van der Waals surface area contributed by atoms with Gasteiger partial charge in [-0.15, -0.1) is 11.6 Å². The van der Waals surface area contributed by atoms with Crippen LogP contribution in [-0.4, -0.2) is 14.5 Å². The lowest BCUT2D eigenvalue weighted by atomic mass is 10.3. The Balaban J connectivity index is 2.29. The molecule has 3 nitrogen and oxygen atoms in total. The second-order valence-corrected chi connectivity index (χ2v) is 4.60. The van der Waals surface area contributed by atoms with Crippen molar-refractivity contribution in [1.82, 2.24) is 14.5 Å². The van der Waals surface area contributed by atoms with Crippen molar-refractivity contribution >= 4 is 22.8 Å². The average molecular weight is 276 g/mol. The van der Waals surface area contributed by atoms with Gasteiger partial charge in [-0.05, 0) is 42.8 Å². The second kappa shape index (κ2) is 4.63. The van der Waals surface area contributed by atoms with Crippen LogP contribution in [0.3, 0.4) is 0 Å². The SMILES string of the molecule is Cc1cnc2c(c1)nc(CCl)n2-c1ccc(F)cc1. The quantitative estimate of drug-likeness (QED) is 0.669. The van der Waals surface area contributed by atoms with Crippen LogP contribution < -0.4 is 0 Å². The molecule has 0 fully saturated rings. The zero-order valence-electron chi connectivity index (χ0n) is 10.3. The van der Waals surface area contributed by atoms with E-state index in [2.05, 4.69) is 9.97 Å². The molecule has 0 bridgehead atoms. The van der Waals surface area contributed by atoms with E-state index in [4.69, 9.17) is 11.6 Å². The van der Waals surface area contributed by atoms with Crippen molar-refractivity contribution in [3.05, 3.63) is 53.7 Å². The molecule has 0 unspecified atom stereocenters. The number of rotatable bonds is 2. The minimum Gasteiger partial charge on any atom is -0.280 e. The van der Waals surface area contributed by atoms with Crippen molar-refractivity contribution < 1.29 is 4.39 Å². The second-order valence-electron chi connectivity index (χ2n) is 4.33. The molecule has 0 amide bonds. The first-order chi connectivity index (χ1) is 9.19. The molecule has 0 saturated carbocycles. The number of aryl methyl sites for hydroxylation is 1. The lowest BCUT2D eigenvalue weighted by molar-refractivity contribution is 0.627. The van der Waals surface area contributed by atoms with Crippen molar-refractivity contribution in [2.24, 2.45) is 0 Å². The summed E-state index contributed by atoms with van der Waals surface area (Å²) in [5.74, 6) is 0.693. The van der Waals surface area contributed by atoms with Gasteiger partial charge in [0, 0.05) is 11.9 Å². The van der Waals surface area contributed by atoms with Gasteiger partial charge in [0.1, 0.15) is 17.2 Å². The maximum Gasteiger partial charge on any atom is 0.164 e. The normalized spacial score (nSPS) is 11.1. The van der Waals surface area contributed by atoms with E-state index in [9.17, 15) is 4.39 Å². The highest BCUT2D eigenvalue weighted by molar-refractivity contribution is 6.16. The van der Waals surface area contributed by atoms with Gasteiger partial charge in [-0.1, -0.05) is 0 Å². The highest BCUT2D eigenvalue weighted by Crippen LogP contribution is 2.21. The molecule has 0 saturated heterocycles. The van der Waals surface area contributed by atoms with Crippen LogP contribution in [0.15, 0.2) is 36.5 Å². The third-order valence-corrected chi connectivity index (χ3v) is 3.15. The predicted molar refractivity (Wildman–Crippen MR) is 73.1 cm³/mol. The Kier molecular flexibility index (Phi) is 2.95. The summed E-state index contributed by atoms with van der Waals surface area (Å²) in [5, 5.41) is 0. The lowest BCUT2D eigenvalue weighted by Gasteiger charge is -2.06. The largest absolute Gasteiger partial charge is 0.280 e. The molecule has 3 aromatic rings. The van der Waals surface area contributed by atoms with Gasteiger partial charge >= 0.3 is 0 Å². The molecule has 19 heavy (non-hydrogen) atoms. The van der Waals surface area contributed by atoms with Crippen LogP contribution in [0.25, 0.3) is 16.9 Å². The van der Waals surface area contributed by atoms with E-state index >= 15 is 0 Å². The molecular formula is C14H11ClFN3. The smallest absolute Gasteiger partial charge is 0.164 e. The summed E-state index contributed by atoms with van der Waals surface area (Å²) in [5.41, 5.74) is 3.36. The first-order valence-corrected chi connectivity index (χ1v) is 6.38. The molecule has 0 N–H and O–H groups in total. The molecule has 1 aromatic carbocycles. The fourth-order valence-electron chi connectivity index (χ4n) is 2.06. The van der Waals surface area contributed by atoms with E-state index in [1.54, 1.807) is 18.3 Å². The van der Waals surface area contributed by atoms with Crippen LogP contribution in [0.2, 0.25) is 0 Å². The van der Waals surface area contributed by atoms with E-state index < -0.39 is 0 Å². The van der Waals surface area contributed by atoms with E-state index in [-0.39, 0.29) is 11.7 Å². The average Bonchev–Trinajstić information content (AvgIpc) is 2.77. The van der Waals surface area contributed by atoms with Gasteiger partial charge in [-0.3, -0.25) is 4.57 Å². The molecule has 2 heterocycles. The van der Waals surface area contributed by atoms with E-state index in [0.717, 1.165) is 22.4 Å². The molecule has 3 rings (SSSR count). The molecule has 0 aliphatic rings. The zero-order chi connectivity index (χ0) is 13.4. The van der Waals surface area contributed by atoms with Gasteiger partial charge < -0.3 is 0 Å². The molecule has 0 aliphatic carbocycles. The van der Waals surface area contributed by atoms with E-state index in [1.807, 2.05) is 17.6 Å². The number of benzene rings is 1. The Hall–Kier alpha value is -1.94. The molecule has 0 aliphatic heterocycles. The maximum atomic E-state index is 13.0. The zero-order valence-corrected chi connectivity index (χ0v) is 11.0. The van der Waals surface area contributed by atoms with Crippen LogP contribution >= 0.6 is 11.6 Å². The van der Waals surface area contributed by atoms with Crippen LogP contribution in [0.5, 0.6) is 0 Å². The van der Waals surface area contributed by atoms with Gasteiger partial charge in [-0.25, -0.2) is 14.4 Å². The number of nitrogens with zero attached hydrogens (tertiary/aromatic N) is 3. The summed E-state index contributed by atoms with van der Waals surface area (Å²) in [6.07, 6.45) is 1.78. The summed E-state index contributed by atoms with van der Waals surface area (Å²) in [4.78, 5) is 8.86. The topological polar surface area (TPSA) is 30.7 Å². The number of halogens is 2. The summed E-state index contributed by atoms with van der Waals surface area (Å²) in [6.45, 7) is 1.96. The first kappa shape index (κ1) is 12.1. The molecular weight excluding hydrogens is 265 g/mol. The number of hydrogen-bond acceptors (Lipinski definition) is 2. The number of alkyl halides is 1. The molecule has 0 spiro atoms. The van der Waals surface area contributed by atoms with Crippen molar-refractivity contribution in [2.75, 3.05) is 0 Å². The maximum absolute atomic E-state index is 13.0. The van der Waals surface area contributed by atoms with Gasteiger partial charge in [0.05, 0.1) is 5.88 Å². The van der Waals surface area contributed by atoms with Crippen molar-refractivity contribution in [3.63, 3.8) is 0 Å². The standard InChI is InChI=1S/C14H11ClFN3/c1-9-6-12-14(17-8-9)19(13(7-15)18-12)11-4-2-10(16)3-5-11/h2-6,8H,7H2,1H3. The van der Waals surface area contributed by atoms with Crippen molar-refractivity contribution in [1.29, 1.82) is 0 Å². The Bertz CT molecular complexity index is 734. The van der Waals surface area contributed by atoms with Gasteiger partial charge in [-0.2, -0.15) is 0 Å². The van der Waals surface area contributed by atoms with Gasteiger partial charge in [0.25, 0.3) is 0 Å². The van der Waals surface area contributed by atoms with Gasteiger partial charge in [0.2, 0.25) is 0 Å². The molecule has 0 radical (unpaired) electrons. The Morgan fingerprint density at radius 1 is 1.26 bits per heavy atom. The monoisotopic (exact) mass is 275 g/mol. The Labute approximate surface area is 114 Å². The van der Waals surface area contributed by atoms with Crippen molar-refractivity contribution in [2.45, 2.75) is 12.8 Å². The highest BCUT2D eigenvalue weighted by Gasteiger charge is 2.12. The van der Waals surface area contributed by atoms with E-state index in [1.165, 1.54) is 12.1 Å².